The summed E-state index contributed by atoms with van der Waals surface area (Å²) in [6.07, 6.45) is 1.37. The SMILES string of the molecule is CC(=O)N/N=C/c1ccc(-c2ccc(F)c(Cl)c2)o1. The van der Waals surface area contributed by atoms with Gasteiger partial charge in [0.15, 0.2) is 0 Å². The molecule has 0 radical (unpaired) electrons. The lowest BCUT2D eigenvalue weighted by Crippen LogP contribution is -2.12. The molecule has 4 nitrogen and oxygen atoms in total. The number of benzene rings is 1. The molecule has 2 aromatic rings. The molecule has 6 heteroatoms. The van der Waals surface area contributed by atoms with Gasteiger partial charge in [-0.05, 0) is 30.3 Å². The molecule has 1 aromatic carbocycles. The molecule has 98 valence electrons. The Morgan fingerprint density at radius 3 is 2.89 bits per heavy atom. The van der Waals surface area contributed by atoms with Crippen molar-refractivity contribution in [1.29, 1.82) is 0 Å². The minimum Gasteiger partial charge on any atom is -0.455 e. The maximum Gasteiger partial charge on any atom is 0.236 e. The Labute approximate surface area is 113 Å². The molecule has 0 bridgehead atoms. The Kier molecular flexibility index (Phi) is 3.97. The minimum atomic E-state index is -0.482. The number of hydrogen-bond acceptors (Lipinski definition) is 3. The quantitative estimate of drug-likeness (QED) is 0.693. The van der Waals surface area contributed by atoms with Crippen LogP contribution >= 0.6 is 11.6 Å². The van der Waals surface area contributed by atoms with Gasteiger partial charge in [-0.1, -0.05) is 11.6 Å². The van der Waals surface area contributed by atoms with Crippen molar-refractivity contribution in [3.63, 3.8) is 0 Å². The zero-order valence-corrected chi connectivity index (χ0v) is 10.7. The van der Waals surface area contributed by atoms with Crippen molar-refractivity contribution in [3.8, 4) is 11.3 Å². The van der Waals surface area contributed by atoms with E-state index in [1.54, 1.807) is 18.2 Å². The van der Waals surface area contributed by atoms with E-state index in [1.807, 2.05) is 0 Å². The van der Waals surface area contributed by atoms with Gasteiger partial charge >= 0.3 is 0 Å². The second kappa shape index (κ2) is 5.67. The predicted molar refractivity (Wildman–Crippen MR) is 70.5 cm³/mol. The second-order valence-corrected chi connectivity index (χ2v) is 4.16. The van der Waals surface area contributed by atoms with Crippen LogP contribution in [0.25, 0.3) is 11.3 Å². The average Bonchev–Trinajstić information content (AvgIpc) is 2.81. The van der Waals surface area contributed by atoms with Crippen LogP contribution in [-0.2, 0) is 4.79 Å². The average molecular weight is 281 g/mol. The lowest BCUT2D eigenvalue weighted by Gasteiger charge is -1.98. The number of furan rings is 1. The number of nitrogens with one attached hydrogen (secondary N) is 1. The second-order valence-electron chi connectivity index (χ2n) is 3.76. The molecular weight excluding hydrogens is 271 g/mol. The largest absolute Gasteiger partial charge is 0.455 e. The fourth-order valence-electron chi connectivity index (χ4n) is 1.41. The maximum atomic E-state index is 13.0. The number of halogens is 2. The molecular formula is C13H10ClFN2O2. The predicted octanol–water partition coefficient (Wildman–Crippen LogP) is 3.21. The normalized spacial score (nSPS) is 10.9. The first kappa shape index (κ1) is 13.3. The molecule has 1 N–H and O–H groups in total. The summed E-state index contributed by atoms with van der Waals surface area (Å²) >= 11 is 5.70. The number of nitrogens with zero attached hydrogens (tertiary/aromatic N) is 1. The van der Waals surface area contributed by atoms with E-state index in [0.717, 1.165) is 0 Å². The Morgan fingerprint density at radius 2 is 2.21 bits per heavy atom. The van der Waals surface area contributed by atoms with Crippen molar-refractivity contribution >= 4 is 23.7 Å². The zero-order valence-electron chi connectivity index (χ0n) is 9.98. The number of hydrogen-bond donors (Lipinski definition) is 1. The third kappa shape index (κ3) is 3.42. The highest BCUT2D eigenvalue weighted by molar-refractivity contribution is 6.31. The molecule has 0 aliphatic rings. The van der Waals surface area contributed by atoms with Crippen molar-refractivity contribution in [1.82, 2.24) is 5.43 Å². The van der Waals surface area contributed by atoms with Crippen LogP contribution in [0, 0.1) is 5.82 Å². The fraction of sp³-hybridized carbons (Fsp3) is 0.0769. The van der Waals surface area contributed by atoms with Gasteiger partial charge in [0.2, 0.25) is 5.91 Å². The minimum absolute atomic E-state index is 0.0300. The summed E-state index contributed by atoms with van der Waals surface area (Å²) in [5.74, 6) is 0.244. The molecule has 0 spiro atoms. The molecule has 0 saturated carbocycles. The zero-order chi connectivity index (χ0) is 13.8. The highest BCUT2D eigenvalue weighted by Gasteiger charge is 2.06. The van der Waals surface area contributed by atoms with E-state index in [9.17, 15) is 9.18 Å². The van der Waals surface area contributed by atoms with E-state index in [-0.39, 0.29) is 10.9 Å². The summed E-state index contributed by atoms with van der Waals surface area (Å²) in [5.41, 5.74) is 2.92. The van der Waals surface area contributed by atoms with E-state index in [0.29, 0.717) is 17.1 Å². The summed E-state index contributed by atoms with van der Waals surface area (Å²) in [5, 5.41) is 3.71. The van der Waals surface area contributed by atoms with Crippen LogP contribution in [0.4, 0.5) is 4.39 Å². The molecule has 2 rings (SSSR count). The van der Waals surface area contributed by atoms with Crippen molar-refractivity contribution in [2.75, 3.05) is 0 Å². The number of amides is 1. The molecule has 1 amide bonds. The smallest absolute Gasteiger partial charge is 0.236 e. The molecule has 0 unspecified atom stereocenters. The van der Waals surface area contributed by atoms with Gasteiger partial charge in [-0.3, -0.25) is 4.79 Å². The highest BCUT2D eigenvalue weighted by atomic mass is 35.5. The topological polar surface area (TPSA) is 54.6 Å². The number of carbonyl (C=O) groups is 1. The van der Waals surface area contributed by atoms with E-state index >= 15 is 0 Å². The van der Waals surface area contributed by atoms with Gasteiger partial charge in [-0.2, -0.15) is 5.10 Å². The van der Waals surface area contributed by atoms with Crippen LogP contribution in [0.3, 0.4) is 0 Å². The molecule has 1 aromatic heterocycles. The monoisotopic (exact) mass is 280 g/mol. The first-order chi connectivity index (χ1) is 9.06. The Balaban J connectivity index is 2.18. The van der Waals surface area contributed by atoms with E-state index in [2.05, 4.69) is 10.5 Å². The van der Waals surface area contributed by atoms with Crippen LogP contribution < -0.4 is 5.43 Å². The van der Waals surface area contributed by atoms with Crippen LogP contribution in [0.5, 0.6) is 0 Å². The number of carbonyl (C=O) groups excluding carboxylic acids is 1. The van der Waals surface area contributed by atoms with Gasteiger partial charge in [-0.15, -0.1) is 0 Å². The van der Waals surface area contributed by atoms with Gasteiger partial charge in [-0.25, -0.2) is 9.82 Å². The van der Waals surface area contributed by atoms with Crippen molar-refractivity contribution in [2.24, 2.45) is 5.10 Å². The number of rotatable bonds is 3. The van der Waals surface area contributed by atoms with Crippen molar-refractivity contribution in [2.45, 2.75) is 6.92 Å². The van der Waals surface area contributed by atoms with Gasteiger partial charge in [0.25, 0.3) is 0 Å². The summed E-state index contributed by atoms with van der Waals surface area (Å²) in [7, 11) is 0. The molecule has 0 saturated heterocycles. The molecule has 0 fully saturated rings. The van der Waals surface area contributed by atoms with E-state index in [1.165, 1.54) is 25.3 Å². The van der Waals surface area contributed by atoms with Gasteiger partial charge in [0, 0.05) is 12.5 Å². The Hall–Kier alpha value is -2.14. The van der Waals surface area contributed by atoms with Crippen molar-refractivity contribution in [3.05, 3.63) is 46.9 Å². The standard InChI is InChI=1S/C13H10ClFN2O2/c1-8(18)17-16-7-10-3-5-13(19-10)9-2-4-12(15)11(14)6-9/h2-7H,1H3,(H,17,18)/b16-7+. The van der Waals surface area contributed by atoms with Gasteiger partial charge < -0.3 is 4.42 Å². The lowest BCUT2D eigenvalue weighted by molar-refractivity contribution is -0.118. The van der Waals surface area contributed by atoms with Crippen LogP contribution in [-0.4, -0.2) is 12.1 Å². The third-order valence-electron chi connectivity index (χ3n) is 2.24. The highest BCUT2D eigenvalue weighted by Crippen LogP contribution is 2.26. The maximum absolute atomic E-state index is 13.0. The van der Waals surface area contributed by atoms with Crippen LogP contribution in [0.2, 0.25) is 5.02 Å². The van der Waals surface area contributed by atoms with Crippen LogP contribution in [0.1, 0.15) is 12.7 Å². The number of hydrazone groups is 1. The van der Waals surface area contributed by atoms with E-state index < -0.39 is 5.82 Å². The summed E-state index contributed by atoms with van der Waals surface area (Å²) in [4.78, 5) is 10.6. The fourth-order valence-corrected chi connectivity index (χ4v) is 1.59. The first-order valence-corrected chi connectivity index (χ1v) is 5.79. The Bertz CT molecular complexity index is 637. The summed E-state index contributed by atoms with van der Waals surface area (Å²) < 4.78 is 18.5. The first-order valence-electron chi connectivity index (χ1n) is 5.41. The molecule has 0 aliphatic carbocycles. The molecule has 0 atom stereocenters. The summed E-state index contributed by atoms with van der Waals surface area (Å²) in [6, 6.07) is 7.70. The molecule has 1 heterocycles. The molecule has 0 aliphatic heterocycles. The van der Waals surface area contributed by atoms with Crippen molar-refractivity contribution < 1.29 is 13.6 Å². The molecule has 19 heavy (non-hydrogen) atoms. The van der Waals surface area contributed by atoms with Gasteiger partial charge in [0.1, 0.15) is 17.3 Å². The Morgan fingerprint density at radius 1 is 1.42 bits per heavy atom. The lowest BCUT2D eigenvalue weighted by atomic mass is 10.2. The van der Waals surface area contributed by atoms with E-state index in [4.69, 9.17) is 16.0 Å². The van der Waals surface area contributed by atoms with Crippen LogP contribution in [0.15, 0.2) is 39.9 Å². The third-order valence-corrected chi connectivity index (χ3v) is 2.53. The summed E-state index contributed by atoms with van der Waals surface area (Å²) in [6.45, 7) is 1.35. The van der Waals surface area contributed by atoms with Gasteiger partial charge in [0.05, 0.1) is 11.2 Å².